The largest absolute Gasteiger partial charge is 0.461 e. The van der Waals surface area contributed by atoms with Crippen LogP contribution in [0.15, 0.2) is 16.9 Å². The zero-order chi connectivity index (χ0) is 20.0. The predicted molar refractivity (Wildman–Crippen MR) is 103 cm³/mol. The first-order valence-corrected chi connectivity index (χ1v) is 8.95. The van der Waals surface area contributed by atoms with Crippen LogP contribution in [0.25, 0.3) is 11.1 Å². The molecule has 1 heterocycles. The number of ether oxygens (including phenoxy) is 4. The summed E-state index contributed by atoms with van der Waals surface area (Å²) in [6.07, 6.45) is 1.57. The Morgan fingerprint density at radius 1 is 0.963 bits per heavy atom. The molecule has 0 radical (unpaired) electrons. The summed E-state index contributed by atoms with van der Waals surface area (Å²) in [6.45, 7) is 6.16. The fourth-order valence-electron chi connectivity index (χ4n) is 3.09. The Labute approximate surface area is 159 Å². The summed E-state index contributed by atoms with van der Waals surface area (Å²) in [7, 11) is 4.63. The Hall–Kier alpha value is -2.38. The third kappa shape index (κ3) is 4.48. The third-order valence-electron chi connectivity index (χ3n) is 4.26. The number of benzene rings is 1. The maximum Gasteiger partial charge on any atom is 0.278 e. The molecule has 1 aromatic heterocycles. The number of hydrogen-bond donors (Lipinski definition) is 0. The van der Waals surface area contributed by atoms with E-state index >= 15 is 0 Å². The molecule has 0 saturated heterocycles. The molecule has 0 amide bonds. The van der Waals surface area contributed by atoms with Crippen LogP contribution in [-0.4, -0.2) is 37.6 Å². The second-order valence-electron chi connectivity index (χ2n) is 6.21. The van der Waals surface area contributed by atoms with Crippen LogP contribution in [0.4, 0.5) is 0 Å². The molecule has 148 valence electrons. The van der Waals surface area contributed by atoms with Crippen molar-refractivity contribution in [1.82, 2.24) is 9.78 Å². The van der Waals surface area contributed by atoms with Crippen LogP contribution in [0.1, 0.15) is 30.5 Å². The van der Waals surface area contributed by atoms with E-state index in [2.05, 4.69) is 38.0 Å². The van der Waals surface area contributed by atoms with Gasteiger partial charge in [-0.15, -0.1) is 5.10 Å². The van der Waals surface area contributed by atoms with Gasteiger partial charge in [-0.1, -0.05) is 31.5 Å². The van der Waals surface area contributed by atoms with Gasteiger partial charge in [0.1, 0.15) is 0 Å². The fraction of sp³-hybridized carbons (Fsp3) is 0.500. The quantitative estimate of drug-likeness (QED) is 0.627. The van der Waals surface area contributed by atoms with E-state index in [0.29, 0.717) is 5.56 Å². The van der Waals surface area contributed by atoms with E-state index in [1.165, 1.54) is 18.9 Å². The maximum absolute atomic E-state index is 13.1. The maximum atomic E-state index is 13.1. The molecule has 0 bridgehead atoms. The minimum atomic E-state index is -0.251. The first-order valence-electron chi connectivity index (χ1n) is 8.95. The molecule has 0 N–H and O–H groups in total. The van der Waals surface area contributed by atoms with E-state index in [9.17, 15) is 4.79 Å². The fourth-order valence-corrected chi connectivity index (χ4v) is 3.09. The predicted octanol–water partition coefficient (Wildman–Crippen LogP) is 2.85. The molecule has 0 fully saturated rings. The van der Waals surface area contributed by atoms with Gasteiger partial charge in [0.15, 0.2) is 19.3 Å². The summed E-state index contributed by atoms with van der Waals surface area (Å²) in [5.74, 6) is 0.459. The van der Waals surface area contributed by atoms with E-state index in [0.717, 1.165) is 35.1 Å². The lowest BCUT2D eigenvalue weighted by Gasteiger charge is -2.20. The Morgan fingerprint density at radius 2 is 1.52 bits per heavy atom. The van der Waals surface area contributed by atoms with Gasteiger partial charge >= 0.3 is 0 Å². The van der Waals surface area contributed by atoms with Crippen molar-refractivity contribution < 1.29 is 18.9 Å². The highest BCUT2D eigenvalue weighted by molar-refractivity contribution is 5.77. The summed E-state index contributed by atoms with van der Waals surface area (Å²) in [5.41, 5.74) is 4.38. The Bertz CT molecular complexity index is 820. The molecule has 2 aromatic rings. The van der Waals surface area contributed by atoms with Crippen molar-refractivity contribution in [2.24, 2.45) is 7.05 Å². The number of methoxy groups -OCH3 is 2. The van der Waals surface area contributed by atoms with Gasteiger partial charge < -0.3 is 18.9 Å². The number of aromatic nitrogens is 2. The molecular formula is C20H28N2O5. The number of hydrogen-bond acceptors (Lipinski definition) is 6. The molecule has 7 nitrogen and oxygen atoms in total. The van der Waals surface area contributed by atoms with Crippen LogP contribution >= 0.6 is 0 Å². The minimum Gasteiger partial charge on any atom is -0.461 e. The second kappa shape index (κ2) is 9.53. The van der Waals surface area contributed by atoms with Crippen LogP contribution < -0.4 is 15.0 Å². The van der Waals surface area contributed by atoms with Crippen molar-refractivity contribution in [2.45, 2.75) is 33.6 Å². The van der Waals surface area contributed by atoms with Crippen molar-refractivity contribution in [1.29, 1.82) is 0 Å². The van der Waals surface area contributed by atoms with Gasteiger partial charge in [0.05, 0.1) is 5.56 Å². The molecule has 7 heteroatoms. The van der Waals surface area contributed by atoms with Crippen LogP contribution in [0.3, 0.4) is 0 Å². The van der Waals surface area contributed by atoms with E-state index in [4.69, 9.17) is 18.9 Å². The summed E-state index contributed by atoms with van der Waals surface area (Å²) >= 11 is 0. The van der Waals surface area contributed by atoms with Crippen LogP contribution in [0.5, 0.6) is 11.6 Å². The Kier molecular flexibility index (Phi) is 7.38. The zero-order valence-corrected chi connectivity index (χ0v) is 16.9. The van der Waals surface area contributed by atoms with E-state index in [-0.39, 0.29) is 30.8 Å². The summed E-state index contributed by atoms with van der Waals surface area (Å²) in [5, 5.41) is 4.20. The van der Waals surface area contributed by atoms with Gasteiger partial charge in [0, 0.05) is 21.3 Å². The SMILES string of the molecule is CCc1cc(C)cc(CC)c1-c1c(OCOC)c(OCOC)nn(C)c1=O. The molecule has 0 unspecified atom stereocenters. The third-order valence-corrected chi connectivity index (χ3v) is 4.26. The molecular weight excluding hydrogens is 348 g/mol. The molecule has 0 saturated carbocycles. The molecule has 0 aliphatic rings. The van der Waals surface area contributed by atoms with E-state index < -0.39 is 0 Å². The molecule has 0 aliphatic carbocycles. The first kappa shape index (κ1) is 20.9. The average molecular weight is 376 g/mol. The summed E-state index contributed by atoms with van der Waals surface area (Å²) in [4.78, 5) is 13.1. The molecule has 0 atom stereocenters. The highest BCUT2D eigenvalue weighted by Gasteiger charge is 2.24. The summed E-state index contributed by atoms with van der Waals surface area (Å²) in [6, 6.07) is 4.20. The monoisotopic (exact) mass is 376 g/mol. The first-order chi connectivity index (χ1) is 13.0. The van der Waals surface area contributed by atoms with Gasteiger partial charge in [-0.25, -0.2) is 4.68 Å². The van der Waals surface area contributed by atoms with Crippen LogP contribution in [0, 0.1) is 6.92 Å². The lowest BCUT2D eigenvalue weighted by atomic mass is 9.90. The van der Waals surface area contributed by atoms with Gasteiger partial charge in [-0.05, 0) is 36.5 Å². The zero-order valence-electron chi connectivity index (χ0n) is 16.9. The van der Waals surface area contributed by atoms with Gasteiger partial charge in [-0.2, -0.15) is 0 Å². The Morgan fingerprint density at radius 3 is 2.04 bits per heavy atom. The standard InChI is InChI=1S/C20H28N2O5/c1-7-14-9-13(3)10-15(8-2)16(14)17-18(26-11-24-5)19(27-12-25-6)21-22(4)20(17)23/h9-10H,7-8,11-12H2,1-6H3. The molecule has 1 aromatic carbocycles. The minimum absolute atomic E-state index is 0.0108. The van der Waals surface area contributed by atoms with Gasteiger partial charge in [-0.3, -0.25) is 4.79 Å². The highest BCUT2D eigenvalue weighted by atomic mass is 16.7. The van der Waals surface area contributed by atoms with Crippen molar-refractivity contribution in [3.8, 4) is 22.8 Å². The Balaban J connectivity index is 2.86. The van der Waals surface area contributed by atoms with E-state index in [1.807, 2.05) is 0 Å². The van der Waals surface area contributed by atoms with Crippen molar-refractivity contribution >= 4 is 0 Å². The lowest BCUT2D eigenvalue weighted by Crippen LogP contribution is -2.25. The van der Waals surface area contributed by atoms with Crippen molar-refractivity contribution in [2.75, 3.05) is 27.8 Å². The van der Waals surface area contributed by atoms with Crippen molar-refractivity contribution in [3.05, 3.63) is 39.2 Å². The molecule has 0 spiro atoms. The lowest BCUT2D eigenvalue weighted by molar-refractivity contribution is 0.0284. The molecule has 0 aliphatic heterocycles. The topological polar surface area (TPSA) is 71.8 Å². The molecule has 2 rings (SSSR count). The normalized spacial score (nSPS) is 10.9. The van der Waals surface area contributed by atoms with Crippen LogP contribution in [0.2, 0.25) is 0 Å². The second-order valence-corrected chi connectivity index (χ2v) is 6.21. The van der Waals surface area contributed by atoms with Gasteiger partial charge in [0.25, 0.3) is 11.4 Å². The smallest absolute Gasteiger partial charge is 0.278 e. The van der Waals surface area contributed by atoms with Crippen LogP contribution in [-0.2, 0) is 29.4 Å². The van der Waals surface area contributed by atoms with E-state index in [1.54, 1.807) is 7.05 Å². The number of aryl methyl sites for hydroxylation is 4. The highest BCUT2D eigenvalue weighted by Crippen LogP contribution is 2.38. The number of rotatable bonds is 9. The van der Waals surface area contributed by atoms with Crippen molar-refractivity contribution in [3.63, 3.8) is 0 Å². The summed E-state index contributed by atoms with van der Waals surface area (Å²) < 4.78 is 22.6. The number of nitrogens with zero attached hydrogens (tertiary/aromatic N) is 2. The van der Waals surface area contributed by atoms with Gasteiger partial charge in [0.2, 0.25) is 0 Å². The average Bonchev–Trinajstić information content (AvgIpc) is 2.67. The molecule has 27 heavy (non-hydrogen) atoms.